The number of para-hydroxylation sites is 1. The highest BCUT2D eigenvalue weighted by Crippen LogP contribution is 2.25. The average Bonchev–Trinajstić information content (AvgIpc) is 2.91. The largest absolute Gasteiger partial charge is 0.352 e. The number of hydrogen-bond donors (Lipinski definition) is 1. The van der Waals surface area contributed by atoms with Crippen LogP contribution in [0, 0.1) is 5.82 Å². The molecule has 0 bridgehead atoms. The van der Waals surface area contributed by atoms with E-state index in [0.29, 0.717) is 17.0 Å². The van der Waals surface area contributed by atoms with E-state index in [9.17, 15) is 22.4 Å². The normalized spacial score (nSPS) is 12.9. The van der Waals surface area contributed by atoms with Crippen molar-refractivity contribution in [3.63, 3.8) is 0 Å². The van der Waals surface area contributed by atoms with Gasteiger partial charge >= 0.3 is 0 Å². The third kappa shape index (κ3) is 7.11. The molecule has 202 valence electrons. The Morgan fingerprint density at radius 2 is 1.55 bits per heavy atom. The Kier molecular flexibility index (Phi) is 9.88. The van der Waals surface area contributed by atoms with Crippen molar-refractivity contribution in [1.29, 1.82) is 0 Å². The summed E-state index contributed by atoms with van der Waals surface area (Å²) in [6.07, 6.45) is 0.703. The molecule has 0 saturated heterocycles. The zero-order valence-corrected chi connectivity index (χ0v) is 23.0. The number of halogens is 2. The molecule has 0 spiro atoms. The number of amides is 2. The molecule has 3 aromatic carbocycles. The number of nitrogens with zero attached hydrogens (tertiary/aromatic N) is 2. The number of benzene rings is 3. The molecular weight excluding hydrogens is 529 g/mol. The van der Waals surface area contributed by atoms with Crippen LogP contribution < -0.4 is 9.62 Å². The maximum Gasteiger partial charge on any atom is 0.264 e. The first-order chi connectivity index (χ1) is 18.0. The predicted molar refractivity (Wildman–Crippen MR) is 147 cm³/mol. The fraction of sp³-hybridized carbons (Fsp3) is 0.286. The van der Waals surface area contributed by atoms with Gasteiger partial charge in [0.25, 0.3) is 10.0 Å². The highest BCUT2D eigenvalue weighted by atomic mass is 35.5. The first kappa shape index (κ1) is 29.1. The van der Waals surface area contributed by atoms with Gasteiger partial charge in [-0.2, -0.15) is 0 Å². The van der Waals surface area contributed by atoms with Gasteiger partial charge in [-0.1, -0.05) is 54.9 Å². The van der Waals surface area contributed by atoms with Gasteiger partial charge in [-0.15, -0.1) is 0 Å². The van der Waals surface area contributed by atoms with Crippen LogP contribution in [-0.4, -0.2) is 43.8 Å². The summed E-state index contributed by atoms with van der Waals surface area (Å²) in [7, 11) is -4.26. The Hall–Kier alpha value is -3.43. The molecule has 0 aliphatic carbocycles. The van der Waals surface area contributed by atoms with Gasteiger partial charge in [0.15, 0.2) is 0 Å². The van der Waals surface area contributed by atoms with Crippen molar-refractivity contribution >= 4 is 39.1 Å². The Morgan fingerprint density at radius 1 is 0.947 bits per heavy atom. The highest BCUT2D eigenvalue weighted by Gasteiger charge is 2.33. The molecule has 0 heterocycles. The number of carbonyl (C=O) groups excluding carboxylic acids is 2. The van der Waals surface area contributed by atoms with Crippen molar-refractivity contribution in [2.75, 3.05) is 10.8 Å². The number of carbonyl (C=O) groups is 2. The summed E-state index contributed by atoms with van der Waals surface area (Å²) < 4.78 is 41.7. The lowest BCUT2D eigenvalue weighted by molar-refractivity contribution is -0.139. The molecule has 0 unspecified atom stereocenters. The molecule has 3 aromatic rings. The lowest BCUT2D eigenvalue weighted by Crippen LogP contribution is -2.52. The van der Waals surface area contributed by atoms with Crippen LogP contribution in [0.2, 0.25) is 5.02 Å². The topological polar surface area (TPSA) is 86.8 Å². The Balaban J connectivity index is 2.01. The molecule has 0 aliphatic rings. The van der Waals surface area contributed by atoms with E-state index in [2.05, 4.69) is 5.32 Å². The van der Waals surface area contributed by atoms with Crippen molar-refractivity contribution in [3.05, 3.63) is 95.3 Å². The molecule has 3 rings (SSSR count). The average molecular weight is 560 g/mol. The minimum absolute atomic E-state index is 0.00712. The molecule has 1 N–H and O–H groups in total. The van der Waals surface area contributed by atoms with Crippen molar-refractivity contribution in [2.24, 2.45) is 0 Å². The molecular formula is C28H31ClFN3O4S. The Morgan fingerprint density at radius 3 is 2.16 bits per heavy atom. The third-order valence-corrected chi connectivity index (χ3v) is 8.35. The highest BCUT2D eigenvalue weighted by molar-refractivity contribution is 7.92. The maximum atomic E-state index is 13.8. The van der Waals surface area contributed by atoms with Crippen LogP contribution in [-0.2, 0) is 26.2 Å². The van der Waals surface area contributed by atoms with E-state index < -0.39 is 34.3 Å². The summed E-state index contributed by atoms with van der Waals surface area (Å²) in [6, 6.07) is 18.4. The van der Waals surface area contributed by atoms with Gasteiger partial charge in [0.1, 0.15) is 18.4 Å². The smallest absolute Gasteiger partial charge is 0.264 e. The molecule has 38 heavy (non-hydrogen) atoms. The lowest BCUT2D eigenvalue weighted by Gasteiger charge is -2.32. The van der Waals surface area contributed by atoms with Crippen LogP contribution in [0.1, 0.15) is 32.8 Å². The second kappa shape index (κ2) is 12.9. The molecule has 7 nitrogen and oxygen atoms in total. The number of sulfonamides is 1. The van der Waals surface area contributed by atoms with Crippen molar-refractivity contribution in [2.45, 2.75) is 50.7 Å². The summed E-state index contributed by atoms with van der Waals surface area (Å²) in [6.45, 7) is 4.79. The van der Waals surface area contributed by atoms with E-state index >= 15 is 0 Å². The van der Waals surface area contributed by atoms with Gasteiger partial charge in [-0.25, -0.2) is 12.8 Å². The fourth-order valence-corrected chi connectivity index (χ4v) is 5.32. The SMILES string of the molecule is CC[C@@H](C)NC(=O)[C@H](C)N(Cc1ccccc1Cl)C(=O)CN(c1ccccc1)S(=O)(=O)c1ccc(F)cc1. The Labute approximate surface area is 228 Å². The molecule has 10 heteroatoms. The van der Waals surface area contributed by atoms with Crippen LogP contribution in [0.25, 0.3) is 0 Å². The van der Waals surface area contributed by atoms with Gasteiger partial charge in [0.05, 0.1) is 10.6 Å². The maximum absolute atomic E-state index is 13.8. The first-order valence-electron chi connectivity index (χ1n) is 12.2. The zero-order chi connectivity index (χ0) is 27.9. The van der Waals surface area contributed by atoms with Crippen LogP contribution in [0.5, 0.6) is 0 Å². The Bertz CT molecular complexity index is 1350. The van der Waals surface area contributed by atoms with Gasteiger partial charge < -0.3 is 10.2 Å². The van der Waals surface area contributed by atoms with Crippen molar-refractivity contribution < 1.29 is 22.4 Å². The van der Waals surface area contributed by atoms with E-state index in [-0.39, 0.29) is 29.1 Å². The number of hydrogen-bond acceptors (Lipinski definition) is 4. The third-order valence-electron chi connectivity index (χ3n) is 6.19. The van der Waals surface area contributed by atoms with Crippen molar-refractivity contribution in [1.82, 2.24) is 10.2 Å². The van der Waals surface area contributed by atoms with Gasteiger partial charge in [-0.3, -0.25) is 13.9 Å². The van der Waals surface area contributed by atoms with E-state index in [0.717, 1.165) is 28.6 Å². The molecule has 0 saturated carbocycles. The molecule has 0 aliphatic heterocycles. The minimum Gasteiger partial charge on any atom is -0.352 e. The number of rotatable bonds is 11. The fourth-order valence-electron chi connectivity index (χ4n) is 3.72. The summed E-state index contributed by atoms with van der Waals surface area (Å²) in [5.41, 5.74) is 0.859. The second-order valence-corrected chi connectivity index (χ2v) is 11.2. The van der Waals surface area contributed by atoms with Crippen LogP contribution in [0.3, 0.4) is 0 Å². The monoisotopic (exact) mass is 559 g/mol. The van der Waals surface area contributed by atoms with Crippen molar-refractivity contribution in [3.8, 4) is 0 Å². The predicted octanol–water partition coefficient (Wildman–Crippen LogP) is 5.01. The second-order valence-electron chi connectivity index (χ2n) is 8.91. The zero-order valence-electron chi connectivity index (χ0n) is 21.5. The summed E-state index contributed by atoms with van der Waals surface area (Å²) in [5, 5.41) is 3.29. The number of anilines is 1. The quantitative estimate of drug-likeness (QED) is 0.358. The molecule has 0 radical (unpaired) electrons. The van der Waals surface area contributed by atoms with Gasteiger partial charge in [-0.05, 0) is 68.3 Å². The van der Waals surface area contributed by atoms with E-state index in [4.69, 9.17) is 11.6 Å². The number of nitrogens with one attached hydrogen (secondary N) is 1. The summed E-state index contributed by atoms with van der Waals surface area (Å²) in [5.74, 6) is -1.56. The van der Waals surface area contributed by atoms with Crippen LogP contribution >= 0.6 is 11.6 Å². The lowest BCUT2D eigenvalue weighted by atomic mass is 10.1. The van der Waals surface area contributed by atoms with Gasteiger partial charge in [0, 0.05) is 17.6 Å². The van der Waals surface area contributed by atoms with E-state index in [1.54, 1.807) is 61.5 Å². The minimum atomic E-state index is -4.26. The standard InChI is InChI=1S/C28H31ClFN3O4S/c1-4-20(2)31-28(35)21(3)32(18-22-10-8-9-13-26(22)29)27(34)19-33(24-11-6-5-7-12-24)38(36,37)25-16-14-23(30)15-17-25/h5-17,20-21H,4,18-19H2,1-3H3,(H,31,35)/t20-,21+/m1/s1. The molecule has 2 amide bonds. The van der Waals surface area contributed by atoms with E-state index in [1.165, 1.54) is 4.90 Å². The van der Waals surface area contributed by atoms with Gasteiger partial charge in [0.2, 0.25) is 11.8 Å². The molecule has 0 aromatic heterocycles. The first-order valence-corrected chi connectivity index (χ1v) is 14.0. The summed E-state index contributed by atoms with van der Waals surface area (Å²) in [4.78, 5) is 28.0. The van der Waals surface area contributed by atoms with E-state index in [1.807, 2.05) is 13.8 Å². The molecule has 0 fully saturated rings. The summed E-state index contributed by atoms with van der Waals surface area (Å²) >= 11 is 6.36. The van der Waals surface area contributed by atoms with Crippen LogP contribution in [0.4, 0.5) is 10.1 Å². The molecule has 2 atom stereocenters. The van der Waals surface area contributed by atoms with Crippen LogP contribution in [0.15, 0.2) is 83.8 Å².